The van der Waals surface area contributed by atoms with Crippen LogP contribution in [0.15, 0.2) is 42.5 Å². The van der Waals surface area contributed by atoms with Gasteiger partial charge in [0.2, 0.25) is 0 Å². The number of rotatable bonds is 5. The zero-order valence-corrected chi connectivity index (χ0v) is 16.4. The summed E-state index contributed by atoms with van der Waals surface area (Å²) in [7, 11) is 0. The van der Waals surface area contributed by atoms with Crippen molar-refractivity contribution in [3.05, 3.63) is 74.3 Å². The first-order valence-corrected chi connectivity index (χ1v) is 9.17. The van der Waals surface area contributed by atoms with Gasteiger partial charge in [-0.05, 0) is 29.8 Å². The van der Waals surface area contributed by atoms with Crippen molar-refractivity contribution in [1.29, 1.82) is 0 Å². The van der Waals surface area contributed by atoms with Crippen LogP contribution in [0.1, 0.15) is 41.6 Å². The van der Waals surface area contributed by atoms with Gasteiger partial charge in [-0.15, -0.1) is 0 Å². The summed E-state index contributed by atoms with van der Waals surface area (Å²) < 4.78 is 11.3. The number of nitrogens with one attached hydrogen (secondary N) is 1. The molecular formula is C20H21ClN2O5. The van der Waals surface area contributed by atoms with E-state index in [2.05, 4.69) is 5.32 Å². The minimum atomic E-state index is -0.822. The molecule has 1 aliphatic heterocycles. The molecule has 3 rings (SSSR count). The molecule has 0 bridgehead atoms. The Hall–Kier alpha value is -2.48. The van der Waals surface area contributed by atoms with Crippen LogP contribution in [0.2, 0.25) is 5.02 Å². The van der Waals surface area contributed by atoms with Gasteiger partial charge < -0.3 is 14.8 Å². The summed E-state index contributed by atoms with van der Waals surface area (Å²) in [6, 6.07) is 11.4. The number of hydrogen-bond donors (Lipinski definition) is 1. The van der Waals surface area contributed by atoms with E-state index < -0.39 is 17.1 Å². The standard InChI is InChI=1S/C20H21ClN2O5/c1-20(2)11-27-19(28-12-20)16-7-6-14(9-17(16)23(25)26)18(24)22-10-13-4-3-5-15(21)8-13/h3-9,19H,10-12H2,1-2H3,(H,22,24). The molecule has 1 heterocycles. The maximum absolute atomic E-state index is 12.4. The van der Waals surface area contributed by atoms with Gasteiger partial charge in [0, 0.05) is 28.6 Å². The minimum Gasteiger partial charge on any atom is -0.348 e. The van der Waals surface area contributed by atoms with E-state index in [0.717, 1.165) is 5.56 Å². The van der Waals surface area contributed by atoms with Gasteiger partial charge in [-0.3, -0.25) is 14.9 Å². The second-order valence-corrected chi connectivity index (χ2v) is 7.90. The average Bonchev–Trinajstić information content (AvgIpc) is 2.66. The van der Waals surface area contributed by atoms with E-state index in [4.69, 9.17) is 21.1 Å². The number of carbonyl (C=O) groups excluding carboxylic acids is 1. The number of halogens is 1. The van der Waals surface area contributed by atoms with Crippen molar-refractivity contribution in [2.45, 2.75) is 26.7 Å². The van der Waals surface area contributed by atoms with Crippen molar-refractivity contribution in [1.82, 2.24) is 5.32 Å². The number of nitro benzene ring substituents is 1. The number of benzene rings is 2. The molecule has 0 atom stereocenters. The predicted molar refractivity (Wildman–Crippen MR) is 104 cm³/mol. The Balaban J connectivity index is 1.75. The van der Waals surface area contributed by atoms with Crippen molar-refractivity contribution in [2.24, 2.45) is 5.41 Å². The number of hydrogen-bond acceptors (Lipinski definition) is 5. The summed E-state index contributed by atoms with van der Waals surface area (Å²) in [6.07, 6.45) is -0.822. The molecule has 1 amide bonds. The molecule has 7 nitrogen and oxygen atoms in total. The molecule has 0 spiro atoms. The molecule has 0 aliphatic carbocycles. The van der Waals surface area contributed by atoms with Crippen molar-refractivity contribution in [3.8, 4) is 0 Å². The number of amides is 1. The summed E-state index contributed by atoms with van der Waals surface area (Å²) in [5, 5.41) is 14.8. The molecular weight excluding hydrogens is 384 g/mol. The normalized spacial score (nSPS) is 16.5. The summed E-state index contributed by atoms with van der Waals surface area (Å²) in [4.78, 5) is 23.4. The van der Waals surface area contributed by atoms with Crippen molar-refractivity contribution in [2.75, 3.05) is 13.2 Å². The molecule has 2 aromatic rings. The Bertz CT molecular complexity index is 890. The van der Waals surface area contributed by atoms with Gasteiger partial charge in [-0.1, -0.05) is 37.6 Å². The number of nitro groups is 1. The average molecular weight is 405 g/mol. The van der Waals surface area contributed by atoms with Crippen LogP contribution in [0.5, 0.6) is 0 Å². The fourth-order valence-electron chi connectivity index (χ4n) is 2.85. The first-order chi connectivity index (χ1) is 13.2. The highest BCUT2D eigenvalue weighted by atomic mass is 35.5. The molecule has 8 heteroatoms. The molecule has 1 fully saturated rings. The van der Waals surface area contributed by atoms with Crippen LogP contribution >= 0.6 is 11.6 Å². The van der Waals surface area contributed by atoms with E-state index in [1.807, 2.05) is 19.9 Å². The molecule has 0 saturated carbocycles. The predicted octanol–water partition coefficient (Wildman–Crippen LogP) is 4.25. The summed E-state index contributed by atoms with van der Waals surface area (Å²) >= 11 is 5.93. The van der Waals surface area contributed by atoms with E-state index in [1.165, 1.54) is 18.2 Å². The lowest BCUT2D eigenvalue weighted by molar-refractivity contribution is -0.387. The van der Waals surface area contributed by atoms with Gasteiger partial charge in [0.15, 0.2) is 6.29 Å². The molecule has 1 saturated heterocycles. The Labute approximate surface area is 167 Å². The van der Waals surface area contributed by atoms with Crippen molar-refractivity contribution in [3.63, 3.8) is 0 Å². The van der Waals surface area contributed by atoms with Crippen LogP contribution < -0.4 is 5.32 Å². The molecule has 0 aromatic heterocycles. The first kappa shape index (κ1) is 20.3. The maximum atomic E-state index is 12.4. The number of carbonyl (C=O) groups is 1. The van der Waals surface area contributed by atoms with Crippen LogP contribution in [-0.4, -0.2) is 24.0 Å². The zero-order valence-electron chi connectivity index (χ0n) is 15.6. The van der Waals surface area contributed by atoms with Crippen LogP contribution in [0.3, 0.4) is 0 Å². The lowest BCUT2D eigenvalue weighted by atomic mass is 9.95. The van der Waals surface area contributed by atoms with E-state index in [0.29, 0.717) is 23.8 Å². The first-order valence-electron chi connectivity index (χ1n) is 8.79. The number of nitrogens with zero attached hydrogens (tertiary/aromatic N) is 1. The molecule has 0 radical (unpaired) electrons. The van der Waals surface area contributed by atoms with Gasteiger partial charge in [0.05, 0.1) is 23.7 Å². The quantitative estimate of drug-likeness (QED) is 0.594. The summed E-state index contributed by atoms with van der Waals surface area (Å²) in [5.74, 6) is -0.416. The van der Waals surface area contributed by atoms with Gasteiger partial charge in [-0.25, -0.2) is 0 Å². The SMILES string of the molecule is CC1(C)COC(c2ccc(C(=O)NCc3cccc(Cl)c3)cc2[N+](=O)[O-])OC1. The minimum absolute atomic E-state index is 0.147. The molecule has 148 valence electrons. The summed E-state index contributed by atoms with van der Waals surface area (Å²) in [5.41, 5.74) is 0.963. The fraction of sp³-hybridized carbons (Fsp3) is 0.350. The molecule has 28 heavy (non-hydrogen) atoms. The maximum Gasteiger partial charge on any atom is 0.278 e. The Morgan fingerprint density at radius 2 is 1.96 bits per heavy atom. The Kier molecular flexibility index (Phi) is 5.98. The fourth-order valence-corrected chi connectivity index (χ4v) is 3.06. The molecule has 1 N–H and O–H groups in total. The molecule has 0 unspecified atom stereocenters. The van der Waals surface area contributed by atoms with E-state index in [9.17, 15) is 14.9 Å². The van der Waals surface area contributed by atoms with E-state index >= 15 is 0 Å². The van der Waals surface area contributed by atoms with Crippen molar-refractivity contribution < 1.29 is 19.2 Å². The van der Waals surface area contributed by atoms with Crippen LogP contribution in [0.4, 0.5) is 5.69 Å². The molecule has 1 aliphatic rings. The van der Waals surface area contributed by atoms with Crippen LogP contribution in [0.25, 0.3) is 0 Å². The Morgan fingerprint density at radius 1 is 1.25 bits per heavy atom. The third-order valence-corrected chi connectivity index (χ3v) is 4.57. The zero-order chi connectivity index (χ0) is 20.3. The highest BCUT2D eigenvalue weighted by molar-refractivity contribution is 6.30. The third kappa shape index (κ3) is 4.86. The topological polar surface area (TPSA) is 90.7 Å². The Morgan fingerprint density at radius 3 is 2.61 bits per heavy atom. The monoisotopic (exact) mass is 404 g/mol. The highest BCUT2D eigenvalue weighted by Gasteiger charge is 2.33. The van der Waals surface area contributed by atoms with Gasteiger partial charge in [0.1, 0.15) is 0 Å². The lowest BCUT2D eigenvalue weighted by Gasteiger charge is -2.34. The van der Waals surface area contributed by atoms with Gasteiger partial charge in [0.25, 0.3) is 11.6 Å². The van der Waals surface area contributed by atoms with Crippen LogP contribution in [0, 0.1) is 15.5 Å². The third-order valence-electron chi connectivity index (χ3n) is 4.34. The summed E-state index contributed by atoms with van der Waals surface area (Å²) in [6.45, 7) is 5.10. The van der Waals surface area contributed by atoms with Crippen LogP contribution in [-0.2, 0) is 16.0 Å². The van der Waals surface area contributed by atoms with Crippen molar-refractivity contribution >= 4 is 23.2 Å². The van der Waals surface area contributed by atoms with E-state index in [-0.39, 0.29) is 23.2 Å². The molecule has 2 aromatic carbocycles. The lowest BCUT2D eigenvalue weighted by Crippen LogP contribution is -2.34. The number of ether oxygens (including phenoxy) is 2. The highest BCUT2D eigenvalue weighted by Crippen LogP contribution is 2.35. The second kappa shape index (κ2) is 8.26. The van der Waals surface area contributed by atoms with Gasteiger partial charge in [-0.2, -0.15) is 0 Å². The largest absolute Gasteiger partial charge is 0.348 e. The van der Waals surface area contributed by atoms with E-state index in [1.54, 1.807) is 18.2 Å². The second-order valence-electron chi connectivity index (χ2n) is 7.46. The van der Waals surface area contributed by atoms with Gasteiger partial charge >= 0.3 is 0 Å². The smallest absolute Gasteiger partial charge is 0.278 e.